The fourth-order valence-corrected chi connectivity index (χ4v) is 2.67. The van der Waals surface area contributed by atoms with Crippen LogP contribution >= 0.6 is 0 Å². The maximum Gasteiger partial charge on any atom is 0.271 e. The standard InChI is InChI=1S/C20H17FN2O5/c1-27-19-9-6-13(23(25)26)12-17(19)22-20(24)11-8-14-7-10-18(28-14)15-4-2-3-5-16(15)21/h2-7,9-10,12H,8,11H2,1H3,(H,22,24). The lowest BCUT2D eigenvalue weighted by Gasteiger charge is -2.09. The van der Waals surface area contributed by atoms with Gasteiger partial charge in [-0.05, 0) is 30.3 Å². The Labute approximate surface area is 159 Å². The number of hydrogen-bond donors (Lipinski definition) is 1. The molecule has 1 heterocycles. The second-order valence-electron chi connectivity index (χ2n) is 5.94. The molecule has 3 aromatic rings. The van der Waals surface area contributed by atoms with Gasteiger partial charge in [0.1, 0.15) is 23.1 Å². The van der Waals surface area contributed by atoms with Gasteiger partial charge in [0.2, 0.25) is 5.91 Å². The van der Waals surface area contributed by atoms with Crippen LogP contribution in [0.1, 0.15) is 12.2 Å². The Bertz CT molecular complexity index is 1020. The number of benzene rings is 2. The Hall–Kier alpha value is -3.68. The minimum Gasteiger partial charge on any atom is -0.495 e. The van der Waals surface area contributed by atoms with Gasteiger partial charge in [-0.3, -0.25) is 14.9 Å². The molecule has 1 amide bonds. The topological polar surface area (TPSA) is 94.6 Å². The summed E-state index contributed by atoms with van der Waals surface area (Å²) < 4.78 is 24.5. The number of nitrogens with zero attached hydrogens (tertiary/aromatic N) is 1. The molecule has 28 heavy (non-hydrogen) atoms. The van der Waals surface area contributed by atoms with Crippen LogP contribution in [0.5, 0.6) is 5.75 Å². The summed E-state index contributed by atoms with van der Waals surface area (Å²) in [7, 11) is 1.41. The van der Waals surface area contributed by atoms with E-state index < -0.39 is 4.92 Å². The van der Waals surface area contributed by atoms with Crippen LogP contribution in [0.3, 0.4) is 0 Å². The highest BCUT2D eigenvalue weighted by Crippen LogP contribution is 2.29. The van der Waals surface area contributed by atoms with Gasteiger partial charge in [0.25, 0.3) is 5.69 Å². The minimum absolute atomic E-state index is 0.0794. The van der Waals surface area contributed by atoms with Crippen molar-refractivity contribution in [2.75, 3.05) is 12.4 Å². The van der Waals surface area contributed by atoms with Crippen molar-refractivity contribution in [3.05, 3.63) is 76.3 Å². The lowest BCUT2D eigenvalue weighted by Crippen LogP contribution is -2.13. The second-order valence-corrected chi connectivity index (χ2v) is 5.94. The first-order valence-corrected chi connectivity index (χ1v) is 8.44. The van der Waals surface area contributed by atoms with Gasteiger partial charge in [0, 0.05) is 25.0 Å². The van der Waals surface area contributed by atoms with E-state index in [-0.39, 0.29) is 35.9 Å². The molecule has 1 N–H and O–H groups in total. The third kappa shape index (κ3) is 4.35. The number of furan rings is 1. The molecule has 0 radical (unpaired) electrons. The van der Waals surface area contributed by atoms with Gasteiger partial charge in [-0.15, -0.1) is 0 Å². The maximum atomic E-state index is 13.8. The summed E-state index contributed by atoms with van der Waals surface area (Å²) in [6.07, 6.45) is 0.369. The zero-order valence-corrected chi connectivity index (χ0v) is 15.0. The predicted molar refractivity (Wildman–Crippen MR) is 101 cm³/mol. The van der Waals surface area contributed by atoms with Crippen molar-refractivity contribution < 1.29 is 23.3 Å². The van der Waals surface area contributed by atoms with Gasteiger partial charge < -0.3 is 14.5 Å². The molecule has 0 saturated carbocycles. The smallest absolute Gasteiger partial charge is 0.271 e. The number of aryl methyl sites for hydroxylation is 1. The number of hydrogen-bond acceptors (Lipinski definition) is 5. The van der Waals surface area contributed by atoms with Gasteiger partial charge >= 0.3 is 0 Å². The number of methoxy groups -OCH3 is 1. The molecule has 0 atom stereocenters. The number of halogens is 1. The molecule has 0 fully saturated rings. The van der Waals surface area contributed by atoms with Crippen LogP contribution in [-0.2, 0) is 11.2 Å². The number of amides is 1. The zero-order chi connectivity index (χ0) is 20.1. The van der Waals surface area contributed by atoms with Crippen LogP contribution in [0.4, 0.5) is 15.8 Å². The van der Waals surface area contributed by atoms with Gasteiger partial charge in [-0.25, -0.2) is 4.39 Å². The van der Waals surface area contributed by atoms with Crippen molar-refractivity contribution >= 4 is 17.3 Å². The summed E-state index contributed by atoms with van der Waals surface area (Å²) in [5, 5.41) is 13.5. The number of carbonyl (C=O) groups excluding carboxylic acids is 1. The van der Waals surface area contributed by atoms with Crippen molar-refractivity contribution in [1.82, 2.24) is 0 Å². The van der Waals surface area contributed by atoms with Gasteiger partial charge in [-0.2, -0.15) is 0 Å². The number of rotatable bonds is 7. The molecule has 0 bridgehead atoms. The molecule has 7 nitrogen and oxygen atoms in total. The lowest BCUT2D eigenvalue weighted by atomic mass is 10.1. The van der Waals surface area contributed by atoms with E-state index >= 15 is 0 Å². The zero-order valence-electron chi connectivity index (χ0n) is 15.0. The van der Waals surface area contributed by atoms with E-state index in [1.54, 1.807) is 30.3 Å². The first-order chi connectivity index (χ1) is 13.5. The number of nitrogens with one attached hydrogen (secondary N) is 1. The number of anilines is 1. The molecule has 144 valence electrons. The molecule has 0 aliphatic rings. The highest BCUT2D eigenvalue weighted by Gasteiger charge is 2.15. The Morgan fingerprint density at radius 1 is 1.21 bits per heavy atom. The van der Waals surface area contributed by atoms with E-state index in [9.17, 15) is 19.3 Å². The van der Waals surface area contributed by atoms with Crippen molar-refractivity contribution in [2.45, 2.75) is 12.8 Å². The lowest BCUT2D eigenvalue weighted by molar-refractivity contribution is -0.384. The molecule has 1 aromatic heterocycles. The van der Waals surface area contributed by atoms with Crippen LogP contribution in [0, 0.1) is 15.9 Å². The first kappa shape index (κ1) is 19.1. The Morgan fingerprint density at radius 3 is 2.71 bits per heavy atom. The maximum absolute atomic E-state index is 13.8. The van der Waals surface area contributed by atoms with Crippen LogP contribution < -0.4 is 10.1 Å². The Balaban J connectivity index is 1.65. The Kier molecular flexibility index (Phi) is 5.69. The van der Waals surface area contributed by atoms with E-state index in [2.05, 4.69) is 5.32 Å². The van der Waals surface area contributed by atoms with Gasteiger partial charge in [0.15, 0.2) is 0 Å². The van der Waals surface area contributed by atoms with E-state index in [0.717, 1.165) is 0 Å². The summed E-state index contributed by atoms with van der Waals surface area (Å²) >= 11 is 0. The van der Waals surface area contributed by atoms with E-state index in [1.165, 1.54) is 31.4 Å². The van der Waals surface area contributed by atoms with Crippen LogP contribution in [0.15, 0.2) is 59.0 Å². The number of non-ortho nitro benzene ring substituents is 1. The molecule has 0 saturated heterocycles. The molecule has 3 rings (SSSR count). The molecule has 0 unspecified atom stereocenters. The fourth-order valence-electron chi connectivity index (χ4n) is 2.67. The number of nitro groups is 1. The molecule has 0 spiro atoms. The van der Waals surface area contributed by atoms with Crippen LogP contribution in [0.25, 0.3) is 11.3 Å². The van der Waals surface area contributed by atoms with Crippen molar-refractivity contribution in [2.24, 2.45) is 0 Å². The normalized spacial score (nSPS) is 10.5. The summed E-state index contributed by atoms with van der Waals surface area (Å²) in [5.41, 5.74) is 0.407. The SMILES string of the molecule is COc1ccc([N+](=O)[O-])cc1NC(=O)CCc1ccc(-c2ccccc2F)o1. The van der Waals surface area contributed by atoms with Crippen molar-refractivity contribution in [1.29, 1.82) is 0 Å². The third-order valence-electron chi connectivity index (χ3n) is 4.07. The largest absolute Gasteiger partial charge is 0.495 e. The summed E-state index contributed by atoms with van der Waals surface area (Å²) in [6, 6.07) is 13.5. The highest BCUT2D eigenvalue weighted by molar-refractivity contribution is 5.92. The van der Waals surface area contributed by atoms with Gasteiger partial charge in [-0.1, -0.05) is 12.1 Å². The monoisotopic (exact) mass is 384 g/mol. The highest BCUT2D eigenvalue weighted by atomic mass is 19.1. The van der Waals surface area contributed by atoms with Crippen molar-refractivity contribution in [3.8, 4) is 17.1 Å². The van der Waals surface area contributed by atoms with Crippen LogP contribution in [0.2, 0.25) is 0 Å². The van der Waals surface area contributed by atoms with E-state index in [4.69, 9.17) is 9.15 Å². The Morgan fingerprint density at radius 2 is 2.00 bits per heavy atom. The summed E-state index contributed by atoms with van der Waals surface area (Å²) in [4.78, 5) is 22.6. The van der Waals surface area contributed by atoms with E-state index in [0.29, 0.717) is 22.8 Å². The average Bonchev–Trinajstić information content (AvgIpc) is 3.15. The minimum atomic E-state index is -0.553. The molecule has 8 heteroatoms. The number of carbonyl (C=O) groups is 1. The summed E-state index contributed by atoms with van der Waals surface area (Å²) in [6.45, 7) is 0. The summed E-state index contributed by atoms with van der Waals surface area (Å²) in [5.74, 6) is 0.480. The van der Waals surface area contributed by atoms with Crippen LogP contribution in [-0.4, -0.2) is 17.9 Å². The molecule has 0 aliphatic heterocycles. The van der Waals surface area contributed by atoms with Crippen molar-refractivity contribution in [3.63, 3.8) is 0 Å². The van der Waals surface area contributed by atoms with E-state index in [1.807, 2.05) is 0 Å². The molecular formula is C20H17FN2O5. The average molecular weight is 384 g/mol. The molecule has 0 aliphatic carbocycles. The fraction of sp³-hybridized carbons (Fsp3) is 0.150. The second kappa shape index (κ2) is 8.34. The third-order valence-corrected chi connectivity index (χ3v) is 4.07. The predicted octanol–water partition coefficient (Wildman–Crippen LogP) is 4.57. The quantitative estimate of drug-likeness (QED) is 0.475. The number of ether oxygens (including phenoxy) is 1. The first-order valence-electron chi connectivity index (χ1n) is 8.44. The molecule has 2 aromatic carbocycles. The van der Waals surface area contributed by atoms with Gasteiger partial charge in [0.05, 0.1) is 23.3 Å². The number of nitro benzene ring substituents is 1. The molecular weight excluding hydrogens is 367 g/mol.